The van der Waals surface area contributed by atoms with Gasteiger partial charge in [0.1, 0.15) is 0 Å². The molecule has 3 heteroatoms. The first-order chi connectivity index (χ1) is 7.09. The zero-order chi connectivity index (χ0) is 11.0. The molecule has 0 spiro atoms. The van der Waals surface area contributed by atoms with Crippen LogP contribution in [0.5, 0.6) is 0 Å². The number of hydrogen-bond donors (Lipinski definition) is 1. The Hall–Kier alpha value is -0.960. The fourth-order valence-electron chi connectivity index (χ4n) is 2.03. The van der Waals surface area contributed by atoms with Crippen LogP contribution >= 0.6 is 15.9 Å². The molecule has 1 heterocycles. The largest absolute Gasteiger partial charge is 0.381 e. The molecule has 0 amide bonds. The van der Waals surface area contributed by atoms with E-state index in [9.17, 15) is 0 Å². The maximum atomic E-state index is 4.04. The second-order valence-corrected chi connectivity index (χ2v) is 4.91. The topological polar surface area (TPSA) is 15.3 Å². The average Bonchev–Trinajstić information content (AvgIpc) is 2.17. The molecule has 1 unspecified atom stereocenters. The molecule has 0 bridgehead atoms. The SMILES string of the molecule is C=C(C)N1c2ccc(Br)cc2NCC1C. The fourth-order valence-corrected chi connectivity index (χ4v) is 2.39. The summed E-state index contributed by atoms with van der Waals surface area (Å²) in [5.41, 5.74) is 3.47. The quantitative estimate of drug-likeness (QED) is 0.836. The van der Waals surface area contributed by atoms with E-state index in [1.54, 1.807) is 0 Å². The number of hydrogen-bond acceptors (Lipinski definition) is 2. The van der Waals surface area contributed by atoms with Crippen molar-refractivity contribution in [1.29, 1.82) is 0 Å². The molecule has 1 aliphatic rings. The standard InChI is InChI=1S/C12H15BrN2/c1-8(2)15-9(3)7-14-11-6-10(13)4-5-12(11)15/h4-6,9,14H,1,7H2,2-3H3. The van der Waals surface area contributed by atoms with Crippen LogP contribution in [0.3, 0.4) is 0 Å². The van der Waals surface area contributed by atoms with E-state index >= 15 is 0 Å². The van der Waals surface area contributed by atoms with Crippen LogP contribution in [-0.2, 0) is 0 Å². The second kappa shape index (κ2) is 3.89. The lowest BCUT2D eigenvalue weighted by Gasteiger charge is -2.37. The summed E-state index contributed by atoms with van der Waals surface area (Å²) in [6, 6.07) is 6.75. The smallest absolute Gasteiger partial charge is 0.0647 e. The number of allylic oxidation sites excluding steroid dienone is 1. The van der Waals surface area contributed by atoms with Crippen LogP contribution in [0.15, 0.2) is 34.9 Å². The highest BCUT2D eigenvalue weighted by molar-refractivity contribution is 9.10. The van der Waals surface area contributed by atoms with Crippen molar-refractivity contribution in [3.8, 4) is 0 Å². The minimum absolute atomic E-state index is 0.455. The predicted molar refractivity (Wildman–Crippen MR) is 69.4 cm³/mol. The molecule has 1 atom stereocenters. The van der Waals surface area contributed by atoms with E-state index in [2.05, 4.69) is 57.8 Å². The van der Waals surface area contributed by atoms with Gasteiger partial charge in [-0.2, -0.15) is 0 Å². The van der Waals surface area contributed by atoms with Gasteiger partial charge in [-0.3, -0.25) is 0 Å². The minimum atomic E-state index is 0.455. The van der Waals surface area contributed by atoms with Gasteiger partial charge in [-0.25, -0.2) is 0 Å². The molecule has 0 saturated carbocycles. The average molecular weight is 267 g/mol. The Bertz CT molecular complexity index is 401. The van der Waals surface area contributed by atoms with Crippen LogP contribution in [0, 0.1) is 0 Å². The zero-order valence-electron chi connectivity index (χ0n) is 9.05. The molecule has 1 N–H and O–H groups in total. The van der Waals surface area contributed by atoms with Crippen LogP contribution in [0.1, 0.15) is 13.8 Å². The van der Waals surface area contributed by atoms with Crippen LogP contribution < -0.4 is 10.2 Å². The van der Waals surface area contributed by atoms with Gasteiger partial charge in [-0.1, -0.05) is 22.5 Å². The van der Waals surface area contributed by atoms with Crippen LogP contribution in [0.25, 0.3) is 0 Å². The molecule has 0 radical (unpaired) electrons. The first-order valence-corrected chi connectivity index (χ1v) is 5.87. The van der Waals surface area contributed by atoms with Gasteiger partial charge >= 0.3 is 0 Å². The van der Waals surface area contributed by atoms with E-state index in [4.69, 9.17) is 0 Å². The number of rotatable bonds is 1. The van der Waals surface area contributed by atoms with Gasteiger partial charge in [-0.05, 0) is 32.0 Å². The van der Waals surface area contributed by atoms with Gasteiger partial charge in [-0.15, -0.1) is 0 Å². The molecular formula is C12H15BrN2. The molecule has 0 aliphatic carbocycles. The Kier molecular flexibility index (Phi) is 2.74. The van der Waals surface area contributed by atoms with Crippen molar-refractivity contribution < 1.29 is 0 Å². The second-order valence-electron chi connectivity index (χ2n) is 4.00. The lowest BCUT2D eigenvalue weighted by Crippen LogP contribution is -2.40. The van der Waals surface area contributed by atoms with E-state index in [1.807, 2.05) is 6.92 Å². The van der Waals surface area contributed by atoms with E-state index in [-0.39, 0.29) is 0 Å². The summed E-state index contributed by atoms with van der Waals surface area (Å²) in [6.45, 7) is 9.24. The number of fused-ring (bicyclic) bond motifs is 1. The van der Waals surface area contributed by atoms with Crippen molar-refractivity contribution in [3.05, 3.63) is 34.9 Å². The molecule has 2 rings (SSSR count). The Morgan fingerprint density at radius 3 is 3.00 bits per heavy atom. The van der Waals surface area contributed by atoms with Gasteiger partial charge in [0, 0.05) is 22.8 Å². The monoisotopic (exact) mass is 266 g/mol. The summed E-state index contributed by atoms with van der Waals surface area (Å²) in [5, 5.41) is 3.43. The third kappa shape index (κ3) is 1.88. The summed E-state index contributed by atoms with van der Waals surface area (Å²) in [4.78, 5) is 2.28. The Labute approximate surface area is 99.1 Å². The number of benzene rings is 1. The highest BCUT2D eigenvalue weighted by Gasteiger charge is 2.22. The van der Waals surface area contributed by atoms with Crippen molar-refractivity contribution >= 4 is 27.3 Å². The van der Waals surface area contributed by atoms with Crippen molar-refractivity contribution in [2.45, 2.75) is 19.9 Å². The first kappa shape index (κ1) is 10.6. The van der Waals surface area contributed by atoms with Gasteiger partial charge in [0.2, 0.25) is 0 Å². The molecule has 1 aromatic rings. The van der Waals surface area contributed by atoms with Crippen molar-refractivity contribution in [1.82, 2.24) is 0 Å². The molecule has 15 heavy (non-hydrogen) atoms. The third-order valence-electron chi connectivity index (χ3n) is 2.66. The lowest BCUT2D eigenvalue weighted by atomic mass is 10.1. The third-order valence-corrected chi connectivity index (χ3v) is 3.15. The number of halogens is 1. The summed E-state index contributed by atoms with van der Waals surface area (Å²) in [6.07, 6.45) is 0. The van der Waals surface area contributed by atoms with Gasteiger partial charge in [0.05, 0.1) is 11.4 Å². The summed E-state index contributed by atoms with van der Waals surface area (Å²) in [5.74, 6) is 0. The molecular weight excluding hydrogens is 252 g/mol. The van der Waals surface area contributed by atoms with E-state index < -0.39 is 0 Å². The molecule has 2 nitrogen and oxygen atoms in total. The van der Waals surface area contributed by atoms with Crippen molar-refractivity contribution in [3.63, 3.8) is 0 Å². The molecule has 80 valence electrons. The number of nitrogens with zero attached hydrogens (tertiary/aromatic N) is 1. The molecule has 1 aromatic carbocycles. The number of anilines is 2. The summed E-state index contributed by atoms with van der Waals surface area (Å²) in [7, 11) is 0. The Balaban J connectivity index is 2.48. The molecule has 0 saturated heterocycles. The van der Waals surface area contributed by atoms with Crippen LogP contribution in [-0.4, -0.2) is 12.6 Å². The van der Waals surface area contributed by atoms with E-state index in [1.165, 1.54) is 11.4 Å². The predicted octanol–water partition coefficient (Wildman–Crippen LogP) is 3.60. The van der Waals surface area contributed by atoms with E-state index in [0.717, 1.165) is 16.7 Å². The fraction of sp³-hybridized carbons (Fsp3) is 0.333. The lowest BCUT2D eigenvalue weighted by molar-refractivity contribution is 0.701. The summed E-state index contributed by atoms with van der Waals surface area (Å²) >= 11 is 3.48. The van der Waals surface area contributed by atoms with Gasteiger partial charge in [0.15, 0.2) is 0 Å². The van der Waals surface area contributed by atoms with E-state index in [0.29, 0.717) is 6.04 Å². The highest BCUT2D eigenvalue weighted by Crippen LogP contribution is 2.35. The van der Waals surface area contributed by atoms with Crippen LogP contribution in [0.4, 0.5) is 11.4 Å². The zero-order valence-corrected chi connectivity index (χ0v) is 10.6. The van der Waals surface area contributed by atoms with Gasteiger partial charge < -0.3 is 10.2 Å². The Morgan fingerprint density at radius 1 is 1.60 bits per heavy atom. The van der Waals surface area contributed by atoms with Crippen molar-refractivity contribution in [2.75, 3.05) is 16.8 Å². The normalized spacial score (nSPS) is 19.4. The number of nitrogens with one attached hydrogen (secondary N) is 1. The Morgan fingerprint density at radius 2 is 2.33 bits per heavy atom. The minimum Gasteiger partial charge on any atom is -0.381 e. The maximum absolute atomic E-state index is 4.04. The highest BCUT2D eigenvalue weighted by atomic mass is 79.9. The summed E-state index contributed by atoms with van der Waals surface area (Å²) < 4.78 is 1.10. The molecule has 1 aliphatic heterocycles. The van der Waals surface area contributed by atoms with Crippen LogP contribution in [0.2, 0.25) is 0 Å². The first-order valence-electron chi connectivity index (χ1n) is 5.08. The maximum Gasteiger partial charge on any atom is 0.0647 e. The van der Waals surface area contributed by atoms with Gasteiger partial charge in [0.25, 0.3) is 0 Å². The van der Waals surface area contributed by atoms with Crippen molar-refractivity contribution in [2.24, 2.45) is 0 Å². The molecule has 0 fully saturated rings. The molecule has 0 aromatic heterocycles.